The molecule has 0 bridgehead atoms. The van der Waals surface area contributed by atoms with E-state index in [1.54, 1.807) is 7.11 Å². The molecule has 0 atom stereocenters. The van der Waals surface area contributed by atoms with Crippen molar-refractivity contribution in [3.8, 4) is 5.75 Å². The first-order chi connectivity index (χ1) is 14.3. The van der Waals surface area contributed by atoms with Crippen molar-refractivity contribution in [1.82, 2.24) is 14.9 Å². The molecule has 6 heteroatoms. The van der Waals surface area contributed by atoms with Gasteiger partial charge >= 0.3 is 0 Å². The second kappa shape index (κ2) is 9.39. The number of rotatable bonds is 7. The zero-order chi connectivity index (χ0) is 19.9. The molecule has 4 rings (SSSR count). The molecule has 1 fully saturated rings. The lowest BCUT2D eigenvalue weighted by molar-refractivity contribution is 0.263. The molecule has 0 saturated carbocycles. The third-order valence-electron chi connectivity index (χ3n) is 5.29. The highest BCUT2D eigenvalue weighted by molar-refractivity contribution is 5.59. The van der Waals surface area contributed by atoms with Crippen LogP contribution in [0.15, 0.2) is 73.1 Å². The van der Waals surface area contributed by atoms with Gasteiger partial charge in [0.25, 0.3) is 0 Å². The molecular formula is C23H27N5O. The molecule has 1 saturated heterocycles. The Morgan fingerprint density at radius 3 is 2.03 bits per heavy atom. The first-order valence-electron chi connectivity index (χ1n) is 10.0. The molecule has 0 amide bonds. The summed E-state index contributed by atoms with van der Waals surface area (Å²) in [6.45, 7) is 5.85. The fourth-order valence-corrected chi connectivity index (χ4v) is 3.72. The largest absolute Gasteiger partial charge is 0.495 e. The third kappa shape index (κ3) is 4.66. The molecule has 0 N–H and O–H groups in total. The zero-order valence-electron chi connectivity index (χ0n) is 16.8. The Kier molecular flexibility index (Phi) is 6.22. The summed E-state index contributed by atoms with van der Waals surface area (Å²) < 4.78 is 5.53. The average Bonchev–Trinajstić information content (AvgIpc) is 2.81. The lowest BCUT2D eigenvalue weighted by Crippen LogP contribution is -2.48. The van der Waals surface area contributed by atoms with Gasteiger partial charge in [0.2, 0.25) is 0 Å². The van der Waals surface area contributed by atoms with Crippen molar-refractivity contribution in [2.24, 2.45) is 0 Å². The third-order valence-corrected chi connectivity index (χ3v) is 5.29. The van der Waals surface area contributed by atoms with Crippen LogP contribution >= 0.6 is 0 Å². The van der Waals surface area contributed by atoms with Gasteiger partial charge in [-0.15, -0.1) is 0 Å². The summed E-state index contributed by atoms with van der Waals surface area (Å²) in [6.07, 6.45) is 3.66. The van der Waals surface area contributed by atoms with Crippen LogP contribution in [0.5, 0.6) is 5.75 Å². The van der Waals surface area contributed by atoms with E-state index in [1.807, 2.05) is 60.9 Å². The second-order valence-corrected chi connectivity index (χ2v) is 7.03. The number of ether oxygens (including phenoxy) is 1. The van der Waals surface area contributed by atoms with E-state index in [0.29, 0.717) is 0 Å². The maximum atomic E-state index is 5.53. The zero-order valence-corrected chi connectivity index (χ0v) is 16.8. The minimum absolute atomic E-state index is 0.850. The van der Waals surface area contributed by atoms with Gasteiger partial charge in [0.15, 0.2) is 0 Å². The van der Waals surface area contributed by atoms with Gasteiger partial charge in [-0.3, -0.25) is 4.90 Å². The Balaban J connectivity index is 1.38. The van der Waals surface area contributed by atoms with E-state index < -0.39 is 0 Å². The number of aromatic nitrogens is 2. The number of pyridine rings is 2. The van der Waals surface area contributed by atoms with E-state index in [-0.39, 0.29) is 0 Å². The standard InChI is InChI=1S/C23H27N5O/c1-29-21-9-3-2-8-20(21)27-17-14-26(15-18-27)16-19-28(22-10-4-6-12-24-22)23-11-5-7-13-25-23/h2-13H,14-19H2,1H3. The predicted molar refractivity (Wildman–Crippen MR) is 117 cm³/mol. The summed E-state index contributed by atoms with van der Waals surface area (Å²) in [7, 11) is 1.74. The molecular weight excluding hydrogens is 362 g/mol. The highest BCUT2D eigenvalue weighted by atomic mass is 16.5. The molecule has 0 unspecified atom stereocenters. The SMILES string of the molecule is COc1ccccc1N1CCN(CCN(c2ccccn2)c2ccccn2)CC1. The quantitative estimate of drug-likeness (QED) is 0.617. The van der Waals surface area contributed by atoms with Crippen molar-refractivity contribution in [1.29, 1.82) is 0 Å². The van der Waals surface area contributed by atoms with Crippen LogP contribution in [0.2, 0.25) is 0 Å². The molecule has 1 aliphatic heterocycles. The maximum absolute atomic E-state index is 5.53. The van der Waals surface area contributed by atoms with Crippen molar-refractivity contribution in [2.75, 3.05) is 56.2 Å². The molecule has 3 aromatic rings. The van der Waals surface area contributed by atoms with Gasteiger partial charge in [0, 0.05) is 51.7 Å². The first kappa shape index (κ1) is 19.2. The van der Waals surface area contributed by atoms with E-state index in [4.69, 9.17) is 4.74 Å². The van der Waals surface area contributed by atoms with Gasteiger partial charge in [0.1, 0.15) is 17.4 Å². The topological polar surface area (TPSA) is 44.7 Å². The van der Waals surface area contributed by atoms with Crippen LogP contribution < -0.4 is 14.5 Å². The lowest BCUT2D eigenvalue weighted by atomic mass is 10.2. The number of nitrogens with zero attached hydrogens (tertiary/aromatic N) is 5. The van der Waals surface area contributed by atoms with Gasteiger partial charge in [-0.05, 0) is 36.4 Å². The summed E-state index contributed by atoms with van der Waals surface area (Å²) in [4.78, 5) is 16.2. The summed E-state index contributed by atoms with van der Waals surface area (Å²) in [5.74, 6) is 2.80. The van der Waals surface area contributed by atoms with Crippen LogP contribution in [0.1, 0.15) is 0 Å². The predicted octanol–water partition coefficient (Wildman–Crippen LogP) is 3.45. The maximum Gasteiger partial charge on any atom is 0.142 e. The minimum atomic E-state index is 0.850. The van der Waals surface area contributed by atoms with Crippen molar-refractivity contribution in [2.45, 2.75) is 0 Å². The Morgan fingerprint density at radius 1 is 0.828 bits per heavy atom. The molecule has 1 aromatic carbocycles. The monoisotopic (exact) mass is 389 g/mol. The van der Waals surface area contributed by atoms with Gasteiger partial charge < -0.3 is 14.5 Å². The van der Waals surface area contributed by atoms with Gasteiger partial charge in [-0.2, -0.15) is 0 Å². The van der Waals surface area contributed by atoms with E-state index in [0.717, 1.165) is 56.7 Å². The minimum Gasteiger partial charge on any atom is -0.495 e. The normalized spacial score (nSPS) is 14.6. The molecule has 29 heavy (non-hydrogen) atoms. The highest BCUT2D eigenvalue weighted by Gasteiger charge is 2.20. The smallest absolute Gasteiger partial charge is 0.142 e. The number of anilines is 3. The highest BCUT2D eigenvalue weighted by Crippen LogP contribution is 2.28. The van der Waals surface area contributed by atoms with Crippen LogP contribution in [0.4, 0.5) is 17.3 Å². The molecule has 6 nitrogen and oxygen atoms in total. The summed E-state index contributed by atoms with van der Waals surface area (Å²) in [5, 5.41) is 0. The van der Waals surface area contributed by atoms with Crippen LogP contribution in [-0.2, 0) is 0 Å². The molecule has 2 aromatic heterocycles. The molecule has 1 aliphatic rings. The van der Waals surface area contributed by atoms with Crippen LogP contribution in [-0.4, -0.2) is 61.2 Å². The van der Waals surface area contributed by atoms with Gasteiger partial charge in [0.05, 0.1) is 12.8 Å². The Hall–Kier alpha value is -3.12. The average molecular weight is 390 g/mol. The van der Waals surface area contributed by atoms with E-state index in [9.17, 15) is 0 Å². The van der Waals surface area contributed by atoms with Crippen LogP contribution in [0, 0.1) is 0 Å². The van der Waals surface area contributed by atoms with Gasteiger partial charge in [-0.25, -0.2) is 9.97 Å². The fourth-order valence-electron chi connectivity index (χ4n) is 3.72. The summed E-state index contributed by atoms with van der Waals surface area (Å²) >= 11 is 0. The summed E-state index contributed by atoms with van der Waals surface area (Å²) in [6, 6.07) is 20.2. The second-order valence-electron chi connectivity index (χ2n) is 7.03. The van der Waals surface area contributed by atoms with Crippen LogP contribution in [0.25, 0.3) is 0 Å². The number of methoxy groups -OCH3 is 1. The molecule has 0 radical (unpaired) electrons. The molecule has 3 heterocycles. The molecule has 0 spiro atoms. The van der Waals surface area contributed by atoms with E-state index >= 15 is 0 Å². The Morgan fingerprint density at radius 2 is 1.45 bits per heavy atom. The number of hydrogen-bond acceptors (Lipinski definition) is 6. The lowest BCUT2D eigenvalue weighted by Gasteiger charge is -2.37. The number of benzene rings is 1. The van der Waals surface area contributed by atoms with Gasteiger partial charge in [-0.1, -0.05) is 24.3 Å². The van der Waals surface area contributed by atoms with E-state index in [1.165, 1.54) is 5.69 Å². The number of piperazine rings is 1. The van der Waals surface area contributed by atoms with Crippen LogP contribution in [0.3, 0.4) is 0 Å². The van der Waals surface area contributed by atoms with E-state index in [2.05, 4.69) is 36.8 Å². The summed E-state index contributed by atoms with van der Waals surface area (Å²) in [5.41, 5.74) is 1.18. The molecule has 0 aliphatic carbocycles. The number of para-hydroxylation sites is 2. The fraction of sp³-hybridized carbons (Fsp3) is 0.304. The number of hydrogen-bond donors (Lipinski definition) is 0. The Bertz CT molecular complexity index is 843. The van der Waals surface area contributed by atoms with Crippen molar-refractivity contribution in [3.05, 3.63) is 73.1 Å². The van der Waals surface area contributed by atoms with Crippen molar-refractivity contribution in [3.63, 3.8) is 0 Å². The first-order valence-corrected chi connectivity index (χ1v) is 10.0. The van der Waals surface area contributed by atoms with Crippen molar-refractivity contribution >= 4 is 17.3 Å². The van der Waals surface area contributed by atoms with Crippen molar-refractivity contribution < 1.29 is 4.74 Å². The Labute approximate surface area is 172 Å². The molecule has 150 valence electrons.